The Labute approximate surface area is 155 Å². The van der Waals surface area contributed by atoms with Crippen LogP contribution in [0.15, 0.2) is 42.6 Å². The van der Waals surface area contributed by atoms with Crippen molar-refractivity contribution in [3.8, 4) is 11.5 Å². The smallest absolute Gasteiger partial charge is 0.249 e. The molecule has 2 heterocycles. The van der Waals surface area contributed by atoms with Crippen LogP contribution in [-0.2, 0) is 0 Å². The van der Waals surface area contributed by atoms with Crippen molar-refractivity contribution in [3.05, 3.63) is 53.2 Å². The lowest BCUT2D eigenvalue weighted by molar-refractivity contribution is 0.171. The van der Waals surface area contributed by atoms with Gasteiger partial charge in [0.05, 0.1) is 6.20 Å². The van der Waals surface area contributed by atoms with Gasteiger partial charge in [-0.3, -0.25) is 0 Å². The van der Waals surface area contributed by atoms with Gasteiger partial charge in [-0.25, -0.2) is 0 Å². The molecule has 0 bridgehead atoms. The summed E-state index contributed by atoms with van der Waals surface area (Å²) >= 11 is 5.99. The minimum absolute atomic E-state index is 0.387. The normalized spacial score (nSPS) is 12.5. The van der Waals surface area contributed by atoms with E-state index in [1.165, 1.54) is 0 Å². The fraction of sp³-hybridized carbons (Fsp3) is 0.167. The molecule has 26 heavy (non-hydrogen) atoms. The van der Waals surface area contributed by atoms with Crippen LogP contribution < -0.4 is 20.1 Å². The maximum atomic E-state index is 5.99. The van der Waals surface area contributed by atoms with Crippen LogP contribution in [0.25, 0.3) is 0 Å². The number of hydrogen-bond acceptors (Lipinski definition) is 7. The minimum atomic E-state index is 0.387. The Bertz CT molecular complexity index is 951. The first-order valence-corrected chi connectivity index (χ1v) is 8.45. The van der Waals surface area contributed by atoms with Crippen molar-refractivity contribution in [2.75, 3.05) is 23.8 Å². The fourth-order valence-corrected chi connectivity index (χ4v) is 2.80. The monoisotopic (exact) mass is 369 g/mol. The first-order valence-electron chi connectivity index (χ1n) is 8.07. The lowest BCUT2D eigenvalue weighted by Crippen LogP contribution is -2.15. The summed E-state index contributed by atoms with van der Waals surface area (Å²) < 4.78 is 11.1. The van der Waals surface area contributed by atoms with Crippen molar-refractivity contribution in [2.24, 2.45) is 0 Å². The summed E-state index contributed by atoms with van der Waals surface area (Å²) in [5, 5.41) is 15.0. The Hall–Kier alpha value is -3.06. The average Bonchev–Trinajstić information content (AvgIpc) is 2.64. The summed E-state index contributed by atoms with van der Waals surface area (Å²) in [6, 6.07) is 11.2. The molecule has 3 aromatic rings. The lowest BCUT2D eigenvalue weighted by Gasteiger charge is -2.19. The molecule has 8 heteroatoms. The van der Waals surface area contributed by atoms with E-state index < -0.39 is 0 Å². The van der Waals surface area contributed by atoms with Crippen LogP contribution in [0.3, 0.4) is 0 Å². The zero-order valence-electron chi connectivity index (χ0n) is 14.0. The number of ether oxygens (including phenoxy) is 2. The van der Waals surface area contributed by atoms with Crippen LogP contribution in [0.4, 0.5) is 23.1 Å². The van der Waals surface area contributed by atoms with Crippen molar-refractivity contribution in [2.45, 2.75) is 6.92 Å². The average molecular weight is 370 g/mol. The summed E-state index contributed by atoms with van der Waals surface area (Å²) in [5.41, 5.74) is 2.68. The highest BCUT2D eigenvalue weighted by molar-refractivity contribution is 6.30. The first kappa shape index (κ1) is 16.4. The predicted molar refractivity (Wildman–Crippen MR) is 100 cm³/mol. The summed E-state index contributed by atoms with van der Waals surface area (Å²) in [4.78, 5) is 4.44. The molecule has 1 aliphatic heterocycles. The highest BCUT2D eigenvalue weighted by Crippen LogP contribution is 2.33. The maximum absolute atomic E-state index is 5.99. The lowest BCUT2D eigenvalue weighted by atomic mass is 10.2. The highest BCUT2D eigenvalue weighted by Gasteiger charge is 2.12. The standard InChI is InChI=1S/C18H16ClN5O2/c1-11-8-12(19)2-4-14(11)22-18-23-17(10-20-24-18)21-13-3-5-15-16(9-13)26-7-6-25-15/h2-5,8-10H,6-7H2,1H3,(H2,21,22,23,24). The van der Waals surface area contributed by atoms with Gasteiger partial charge < -0.3 is 20.1 Å². The molecular formula is C18H16ClN5O2. The van der Waals surface area contributed by atoms with Crippen LogP contribution in [-0.4, -0.2) is 28.4 Å². The molecule has 4 rings (SSSR count). The zero-order chi connectivity index (χ0) is 17.9. The van der Waals surface area contributed by atoms with Gasteiger partial charge in [-0.15, -0.1) is 5.10 Å². The number of fused-ring (bicyclic) bond motifs is 1. The minimum Gasteiger partial charge on any atom is -0.486 e. The van der Waals surface area contributed by atoms with Crippen molar-refractivity contribution in [1.29, 1.82) is 0 Å². The van der Waals surface area contributed by atoms with Crippen LogP contribution >= 0.6 is 11.6 Å². The second-order valence-corrected chi connectivity index (χ2v) is 6.17. The largest absolute Gasteiger partial charge is 0.486 e. The van der Waals surface area contributed by atoms with Crippen LogP contribution in [0.1, 0.15) is 5.56 Å². The molecule has 0 fully saturated rings. The summed E-state index contributed by atoms with van der Waals surface area (Å²) in [6.07, 6.45) is 1.55. The molecule has 7 nitrogen and oxygen atoms in total. The van der Waals surface area contributed by atoms with Gasteiger partial charge in [0, 0.05) is 22.5 Å². The van der Waals surface area contributed by atoms with Gasteiger partial charge in [-0.2, -0.15) is 10.1 Å². The second-order valence-electron chi connectivity index (χ2n) is 5.73. The van der Waals surface area contributed by atoms with E-state index >= 15 is 0 Å². The van der Waals surface area contributed by atoms with E-state index in [1.54, 1.807) is 6.20 Å². The van der Waals surface area contributed by atoms with Crippen molar-refractivity contribution in [1.82, 2.24) is 15.2 Å². The van der Waals surface area contributed by atoms with Crippen molar-refractivity contribution < 1.29 is 9.47 Å². The Kier molecular flexibility index (Phi) is 4.45. The number of aryl methyl sites for hydroxylation is 1. The van der Waals surface area contributed by atoms with Crippen LogP contribution in [0.5, 0.6) is 11.5 Å². The van der Waals surface area contributed by atoms with E-state index in [2.05, 4.69) is 25.8 Å². The number of anilines is 4. The van der Waals surface area contributed by atoms with E-state index in [4.69, 9.17) is 21.1 Å². The van der Waals surface area contributed by atoms with E-state index in [0.29, 0.717) is 35.8 Å². The SMILES string of the molecule is Cc1cc(Cl)ccc1Nc1nncc(Nc2ccc3c(c2)OCCO3)n1. The van der Waals surface area contributed by atoms with E-state index in [9.17, 15) is 0 Å². The molecule has 1 aliphatic rings. The molecule has 2 N–H and O–H groups in total. The third-order valence-corrected chi connectivity index (χ3v) is 4.04. The van der Waals surface area contributed by atoms with Gasteiger partial charge in [0.15, 0.2) is 17.3 Å². The maximum Gasteiger partial charge on any atom is 0.249 e. The molecule has 132 valence electrons. The van der Waals surface area contributed by atoms with Crippen molar-refractivity contribution in [3.63, 3.8) is 0 Å². The number of halogens is 1. The van der Waals surface area contributed by atoms with Gasteiger partial charge in [-0.05, 0) is 42.8 Å². The second kappa shape index (κ2) is 7.05. The summed E-state index contributed by atoms with van der Waals surface area (Å²) in [5.74, 6) is 2.39. The summed E-state index contributed by atoms with van der Waals surface area (Å²) in [7, 11) is 0. The molecule has 0 saturated heterocycles. The first-order chi connectivity index (χ1) is 12.7. The molecule has 0 radical (unpaired) electrons. The van der Waals surface area contributed by atoms with Gasteiger partial charge in [0.1, 0.15) is 13.2 Å². The molecule has 0 unspecified atom stereocenters. The fourth-order valence-electron chi connectivity index (χ4n) is 2.57. The number of nitrogens with zero attached hydrogens (tertiary/aromatic N) is 3. The molecule has 0 amide bonds. The quantitative estimate of drug-likeness (QED) is 0.716. The Morgan fingerprint density at radius 1 is 1.00 bits per heavy atom. The third kappa shape index (κ3) is 3.62. The van der Waals surface area contributed by atoms with Crippen molar-refractivity contribution >= 4 is 34.7 Å². The van der Waals surface area contributed by atoms with Gasteiger partial charge >= 0.3 is 0 Å². The molecule has 0 aliphatic carbocycles. The summed E-state index contributed by atoms with van der Waals surface area (Å²) in [6.45, 7) is 3.06. The molecule has 0 atom stereocenters. The highest BCUT2D eigenvalue weighted by atomic mass is 35.5. The van der Waals surface area contributed by atoms with Gasteiger partial charge in [0.2, 0.25) is 5.95 Å². The van der Waals surface area contributed by atoms with Crippen LogP contribution in [0.2, 0.25) is 5.02 Å². The third-order valence-electron chi connectivity index (χ3n) is 3.81. The van der Waals surface area contributed by atoms with E-state index in [0.717, 1.165) is 22.7 Å². The Balaban J connectivity index is 1.52. The number of rotatable bonds is 4. The zero-order valence-corrected chi connectivity index (χ0v) is 14.7. The topological polar surface area (TPSA) is 81.2 Å². The molecule has 0 saturated carbocycles. The van der Waals surface area contributed by atoms with Gasteiger partial charge in [-0.1, -0.05) is 11.6 Å². The molecule has 2 aromatic carbocycles. The van der Waals surface area contributed by atoms with E-state index in [-0.39, 0.29) is 0 Å². The Morgan fingerprint density at radius 2 is 1.85 bits per heavy atom. The van der Waals surface area contributed by atoms with Gasteiger partial charge in [0.25, 0.3) is 0 Å². The number of benzene rings is 2. The number of aromatic nitrogens is 3. The molecule has 0 spiro atoms. The molecular weight excluding hydrogens is 354 g/mol. The van der Waals surface area contributed by atoms with E-state index in [1.807, 2.05) is 43.3 Å². The van der Waals surface area contributed by atoms with Crippen LogP contribution in [0, 0.1) is 6.92 Å². The number of nitrogens with one attached hydrogen (secondary N) is 2. The Morgan fingerprint density at radius 3 is 2.69 bits per heavy atom. The predicted octanol–water partition coefficient (Wildman–Crippen LogP) is 4.09. The number of hydrogen-bond donors (Lipinski definition) is 2. The molecule has 1 aromatic heterocycles.